The lowest BCUT2D eigenvalue weighted by Gasteiger charge is -2.20. The summed E-state index contributed by atoms with van der Waals surface area (Å²) < 4.78 is 19.3. The summed E-state index contributed by atoms with van der Waals surface area (Å²) in [7, 11) is 0. The van der Waals surface area contributed by atoms with Crippen molar-refractivity contribution in [2.45, 2.75) is 31.1 Å². The molecule has 0 unspecified atom stereocenters. The molecule has 12 heteroatoms. The maximum absolute atomic E-state index is 13.1. The molecule has 1 fully saturated rings. The zero-order chi connectivity index (χ0) is 23.5. The van der Waals surface area contributed by atoms with Crippen LogP contribution >= 0.6 is 11.8 Å². The van der Waals surface area contributed by atoms with Crippen LogP contribution in [0, 0.1) is 0 Å². The summed E-state index contributed by atoms with van der Waals surface area (Å²) in [6.45, 7) is 1.52. The van der Waals surface area contributed by atoms with Crippen LogP contribution in [0.15, 0.2) is 41.1 Å². The van der Waals surface area contributed by atoms with Gasteiger partial charge < -0.3 is 24.1 Å². The van der Waals surface area contributed by atoms with Crippen LogP contribution in [0.5, 0.6) is 5.75 Å². The van der Waals surface area contributed by atoms with Crippen LogP contribution < -0.4 is 10.1 Å². The van der Waals surface area contributed by atoms with Gasteiger partial charge in [0.15, 0.2) is 17.2 Å². The normalized spacial score (nSPS) is 20.6. The molecule has 0 spiro atoms. The van der Waals surface area contributed by atoms with E-state index in [0.29, 0.717) is 36.9 Å². The van der Waals surface area contributed by atoms with Gasteiger partial charge in [-0.1, -0.05) is 5.21 Å². The summed E-state index contributed by atoms with van der Waals surface area (Å²) in [4.78, 5) is 32.0. The predicted molar refractivity (Wildman–Crippen MR) is 121 cm³/mol. The number of nitrogens with one attached hydrogen (secondary N) is 1. The largest absolute Gasteiger partial charge is 0.489 e. The van der Waals surface area contributed by atoms with Crippen molar-refractivity contribution >= 4 is 23.6 Å². The Kier molecular flexibility index (Phi) is 6.50. The van der Waals surface area contributed by atoms with Crippen molar-refractivity contribution in [3.8, 4) is 5.75 Å². The highest BCUT2D eigenvalue weighted by atomic mass is 32.2. The van der Waals surface area contributed by atoms with Gasteiger partial charge in [0, 0.05) is 19.3 Å². The van der Waals surface area contributed by atoms with E-state index in [4.69, 9.17) is 13.9 Å². The summed E-state index contributed by atoms with van der Waals surface area (Å²) in [5.74, 6) is 1.43. The Balaban J connectivity index is 1.39. The molecule has 3 aromatic rings. The van der Waals surface area contributed by atoms with E-state index in [9.17, 15) is 9.59 Å². The molecule has 2 atom stereocenters. The summed E-state index contributed by atoms with van der Waals surface area (Å²) in [5, 5.41) is 11.2. The number of pyridine rings is 1. The van der Waals surface area contributed by atoms with Gasteiger partial charge in [0.25, 0.3) is 11.8 Å². The first-order valence-corrected chi connectivity index (χ1v) is 12.3. The molecule has 0 aromatic carbocycles. The van der Waals surface area contributed by atoms with Crippen molar-refractivity contribution in [1.29, 1.82) is 0 Å². The van der Waals surface area contributed by atoms with Gasteiger partial charge in [-0.3, -0.25) is 9.59 Å². The molecule has 5 rings (SSSR count). The fourth-order valence-corrected chi connectivity index (χ4v) is 4.43. The minimum Gasteiger partial charge on any atom is -0.489 e. The monoisotopic (exact) mass is 484 g/mol. The quantitative estimate of drug-likeness (QED) is 0.587. The Morgan fingerprint density at radius 3 is 3.09 bits per heavy atom. The van der Waals surface area contributed by atoms with Gasteiger partial charge in [0.05, 0.1) is 37.2 Å². The van der Waals surface area contributed by atoms with Crippen molar-refractivity contribution in [2.75, 3.05) is 26.0 Å². The summed E-state index contributed by atoms with van der Waals surface area (Å²) >= 11 is 1.62. The Bertz CT molecular complexity index is 1180. The molecule has 0 saturated carbocycles. The van der Waals surface area contributed by atoms with Gasteiger partial charge in [0.2, 0.25) is 0 Å². The maximum atomic E-state index is 13.1. The number of amides is 2. The average Bonchev–Trinajstić information content (AvgIpc) is 3.58. The number of carbonyl (C=O) groups is 2. The smallest absolute Gasteiger partial charge is 0.289 e. The SMILES string of the molecule is CSCc1ccc(C(=O)N2C[C@@H]3NC(=O)c4ncccc4OCCn4cc(nn4)CO[C@H]3C2)o1. The zero-order valence-corrected chi connectivity index (χ0v) is 19.4. The van der Waals surface area contributed by atoms with E-state index in [1.54, 1.807) is 51.8 Å². The molecule has 178 valence electrons. The fraction of sp³-hybridized carbons (Fsp3) is 0.409. The van der Waals surface area contributed by atoms with E-state index in [1.165, 1.54) is 6.20 Å². The molecule has 34 heavy (non-hydrogen) atoms. The van der Waals surface area contributed by atoms with Crippen molar-refractivity contribution in [3.05, 3.63) is 59.6 Å². The minimum absolute atomic E-state index is 0.176. The van der Waals surface area contributed by atoms with E-state index in [-0.39, 0.29) is 30.5 Å². The number of likely N-dealkylation sites (tertiary alicyclic amines) is 1. The summed E-state index contributed by atoms with van der Waals surface area (Å²) in [6, 6.07) is 6.44. The molecule has 3 aromatic heterocycles. The summed E-state index contributed by atoms with van der Waals surface area (Å²) in [6.07, 6.45) is 4.85. The van der Waals surface area contributed by atoms with Crippen molar-refractivity contribution in [2.24, 2.45) is 0 Å². The zero-order valence-electron chi connectivity index (χ0n) is 18.5. The van der Waals surface area contributed by atoms with Gasteiger partial charge in [-0.25, -0.2) is 9.67 Å². The standard InChI is InChI=1S/C22H24N6O5S/c1-34-13-15-4-5-18(33-15)22(30)27-10-16-19(11-27)32-12-14-9-28(26-25-14)7-8-31-17-3-2-6-23-20(17)21(29)24-16/h2-6,9,16,19H,7-8,10-13H2,1H3,(H,24,29)/t16-,19-/m0/s1. The van der Waals surface area contributed by atoms with Crippen LogP contribution in [0.1, 0.15) is 32.5 Å². The molecule has 0 radical (unpaired) electrons. The van der Waals surface area contributed by atoms with E-state index < -0.39 is 18.1 Å². The third-order valence-corrected chi connectivity index (χ3v) is 6.20. The first-order chi connectivity index (χ1) is 16.6. The van der Waals surface area contributed by atoms with E-state index >= 15 is 0 Å². The highest BCUT2D eigenvalue weighted by Gasteiger charge is 2.39. The van der Waals surface area contributed by atoms with Crippen LogP contribution in [0.3, 0.4) is 0 Å². The number of carbonyl (C=O) groups excluding carboxylic acids is 2. The number of fused-ring (bicyclic) bond motifs is 4. The Labute approximate surface area is 199 Å². The third kappa shape index (κ3) is 4.77. The number of hydrogen-bond acceptors (Lipinski definition) is 9. The number of aromatic nitrogens is 4. The second-order valence-corrected chi connectivity index (χ2v) is 8.88. The lowest BCUT2D eigenvalue weighted by atomic mass is 10.2. The Morgan fingerprint density at radius 1 is 1.29 bits per heavy atom. The average molecular weight is 485 g/mol. The van der Waals surface area contributed by atoms with Crippen molar-refractivity contribution in [3.63, 3.8) is 0 Å². The Morgan fingerprint density at radius 2 is 2.21 bits per heavy atom. The molecule has 2 bridgehead atoms. The number of thioether (sulfide) groups is 1. The molecular weight excluding hydrogens is 460 g/mol. The van der Waals surface area contributed by atoms with Crippen molar-refractivity contribution in [1.82, 2.24) is 30.2 Å². The predicted octanol–water partition coefficient (Wildman–Crippen LogP) is 1.36. The second kappa shape index (κ2) is 9.85. The topological polar surface area (TPSA) is 125 Å². The molecule has 2 aliphatic rings. The highest BCUT2D eigenvalue weighted by Crippen LogP contribution is 2.22. The van der Waals surface area contributed by atoms with Crippen LogP contribution in [-0.2, 0) is 23.6 Å². The number of nitrogens with zero attached hydrogens (tertiary/aromatic N) is 5. The number of hydrogen-bond donors (Lipinski definition) is 1. The molecule has 2 amide bonds. The molecule has 2 aliphatic heterocycles. The highest BCUT2D eigenvalue weighted by molar-refractivity contribution is 7.97. The van der Waals surface area contributed by atoms with Crippen LogP contribution in [0.2, 0.25) is 0 Å². The maximum Gasteiger partial charge on any atom is 0.289 e. The molecular formula is C22H24N6O5S. The first kappa shape index (κ1) is 22.4. The molecule has 0 aliphatic carbocycles. The molecule has 1 saturated heterocycles. The van der Waals surface area contributed by atoms with Crippen molar-refractivity contribution < 1.29 is 23.5 Å². The van der Waals surface area contributed by atoms with Crippen LogP contribution in [0.25, 0.3) is 0 Å². The van der Waals surface area contributed by atoms with Gasteiger partial charge in [-0.2, -0.15) is 11.8 Å². The molecule has 1 N–H and O–H groups in total. The molecule has 11 nitrogen and oxygen atoms in total. The van der Waals surface area contributed by atoms with Crippen LogP contribution in [-0.4, -0.2) is 74.8 Å². The lowest BCUT2D eigenvalue weighted by molar-refractivity contribution is 0.0287. The third-order valence-electron chi connectivity index (χ3n) is 5.62. The van der Waals surface area contributed by atoms with Crippen LogP contribution in [0.4, 0.5) is 0 Å². The first-order valence-electron chi connectivity index (χ1n) is 10.9. The number of rotatable bonds is 3. The van der Waals surface area contributed by atoms with Gasteiger partial charge in [-0.15, -0.1) is 5.10 Å². The second-order valence-electron chi connectivity index (χ2n) is 8.01. The minimum atomic E-state index is -0.454. The Hall–Kier alpha value is -3.38. The van der Waals surface area contributed by atoms with Gasteiger partial charge in [0.1, 0.15) is 18.1 Å². The van der Waals surface area contributed by atoms with E-state index in [1.807, 2.05) is 6.26 Å². The van der Waals surface area contributed by atoms with E-state index in [0.717, 1.165) is 5.76 Å². The lowest BCUT2D eigenvalue weighted by Crippen LogP contribution is -2.44. The summed E-state index contributed by atoms with van der Waals surface area (Å²) in [5.41, 5.74) is 0.830. The van der Waals surface area contributed by atoms with Gasteiger partial charge >= 0.3 is 0 Å². The van der Waals surface area contributed by atoms with Gasteiger partial charge in [-0.05, 0) is 30.5 Å². The fourth-order valence-electron chi connectivity index (χ4n) is 3.99. The van der Waals surface area contributed by atoms with E-state index in [2.05, 4.69) is 20.6 Å². The molecule has 5 heterocycles. The number of furan rings is 1. The number of ether oxygens (including phenoxy) is 2.